The number of piperazine rings is 1. The zero-order valence-electron chi connectivity index (χ0n) is 17.9. The van der Waals surface area contributed by atoms with Gasteiger partial charge in [0.2, 0.25) is 0 Å². The molecule has 172 valence electrons. The summed E-state index contributed by atoms with van der Waals surface area (Å²) in [6.07, 6.45) is 1.59. The van der Waals surface area contributed by atoms with Gasteiger partial charge in [-0.05, 0) is 42.1 Å². The zero-order valence-corrected chi connectivity index (χ0v) is 18.7. The Hall–Kier alpha value is -3.92. The fourth-order valence-corrected chi connectivity index (χ4v) is 4.87. The number of furan rings is 1. The number of aliphatic imine (C=N–C) groups is 1. The Morgan fingerprint density at radius 1 is 1.00 bits per heavy atom. The van der Waals surface area contributed by atoms with Gasteiger partial charge in [-0.15, -0.1) is 0 Å². The molecule has 2 aliphatic rings. The van der Waals surface area contributed by atoms with Gasteiger partial charge in [-0.2, -0.15) is 4.99 Å². The zero-order chi connectivity index (χ0) is 23.7. The van der Waals surface area contributed by atoms with E-state index in [0.29, 0.717) is 59.0 Å². The molecule has 1 saturated heterocycles. The number of halogens is 1. The maximum atomic E-state index is 14.1. The largest absolute Gasteiger partial charge is 0.456 e. The minimum atomic E-state index is -0.460. The van der Waals surface area contributed by atoms with Crippen molar-refractivity contribution in [2.24, 2.45) is 4.99 Å². The van der Waals surface area contributed by atoms with E-state index >= 15 is 0 Å². The molecule has 0 atom stereocenters. The third-order valence-electron chi connectivity index (χ3n) is 5.62. The van der Waals surface area contributed by atoms with Crippen LogP contribution in [0.2, 0.25) is 0 Å². The number of para-hydroxylation sites is 2. The molecule has 0 unspecified atom stereocenters. The van der Waals surface area contributed by atoms with Crippen LogP contribution in [-0.2, 0) is 4.79 Å². The van der Waals surface area contributed by atoms with Crippen molar-refractivity contribution >= 4 is 40.3 Å². The Labute approximate surface area is 198 Å². The molecule has 34 heavy (non-hydrogen) atoms. The highest BCUT2D eigenvalue weighted by molar-refractivity contribution is 8.18. The lowest BCUT2D eigenvalue weighted by Gasteiger charge is -2.36. The van der Waals surface area contributed by atoms with Gasteiger partial charge in [0.25, 0.3) is 11.6 Å². The number of nitrogens with zero attached hydrogens (tertiary/aromatic N) is 4. The van der Waals surface area contributed by atoms with Crippen molar-refractivity contribution < 1.29 is 18.5 Å². The van der Waals surface area contributed by atoms with E-state index in [2.05, 4.69) is 4.99 Å². The van der Waals surface area contributed by atoms with E-state index in [0.717, 1.165) is 0 Å². The van der Waals surface area contributed by atoms with Crippen LogP contribution in [-0.4, -0.2) is 47.1 Å². The number of hydrogen-bond acceptors (Lipinski definition) is 7. The van der Waals surface area contributed by atoms with Crippen LogP contribution in [0.25, 0.3) is 17.4 Å². The van der Waals surface area contributed by atoms with Gasteiger partial charge in [0.05, 0.1) is 21.1 Å². The summed E-state index contributed by atoms with van der Waals surface area (Å²) in [6, 6.07) is 16.3. The number of nitro groups is 1. The van der Waals surface area contributed by atoms with Crippen molar-refractivity contribution in [2.75, 3.05) is 31.1 Å². The van der Waals surface area contributed by atoms with Gasteiger partial charge in [0.1, 0.15) is 17.3 Å². The Kier molecular flexibility index (Phi) is 5.89. The maximum Gasteiger partial charge on any atom is 0.286 e. The Bertz CT molecular complexity index is 1330. The quantitative estimate of drug-likeness (QED) is 0.303. The van der Waals surface area contributed by atoms with E-state index in [1.165, 1.54) is 23.9 Å². The number of nitro benzene ring substituents is 1. The van der Waals surface area contributed by atoms with E-state index in [4.69, 9.17) is 4.42 Å². The van der Waals surface area contributed by atoms with E-state index in [-0.39, 0.29) is 17.4 Å². The lowest BCUT2D eigenvalue weighted by molar-refractivity contribution is -0.384. The SMILES string of the molecule is O=C1N=C(N2CCN(c3ccccc3F)CC2)S/C1=C/c1ccc(-c2ccccc2[N+](=O)[O-])o1. The average Bonchev–Trinajstić information content (AvgIpc) is 3.46. The molecular formula is C24H19FN4O4S. The summed E-state index contributed by atoms with van der Waals surface area (Å²) in [6.45, 7) is 2.46. The summed E-state index contributed by atoms with van der Waals surface area (Å²) in [5.74, 6) is 0.146. The fourth-order valence-electron chi connectivity index (χ4n) is 3.93. The molecule has 10 heteroatoms. The van der Waals surface area contributed by atoms with Crippen molar-refractivity contribution in [1.29, 1.82) is 0 Å². The summed E-state index contributed by atoms with van der Waals surface area (Å²) in [4.78, 5) is 31.9. The second-order valence-electron chi connectivity index (χ2n) is 7.71. The highest BCUT2D eigenvalue weighted by Crippen LogP contribution is 2.34. The predicted molar refractivity (Wildman–Crippen MR) is 129 cm³/mol. The molecule has 0 aliphatic carbocycles. The van der Waals surface area contributed by atoms with Crippen molar-refractivity contribution in [3.05, 3.63) is 87.3 Å². The molecule has 0 spiro atoms. The normalized spacial score (nSPS) is 17.4. The summed E-state index contributed by atoms with van der Waals surface area (Å²) in [7, 11) is 0. The van der Waals surface area contributed by atoms with Crippen LogP contribution in [0.15, 0.2) is 75.0 Å². The topological polar surface area (TPSA) is 92.2 Å². The second-order valence-corrected chi connectivity index (χ2v) is 8.72. The van der Waals surface area contributed by atoms with Crippen molar-refractivity contribution in [1.82, 2.24) is 4.90 Å². The van der Waals surface area contributed by atoms with Crippen LogP contribution in [0.4, 0.5) is 15.8 Å². The molecule has 5 rings (SSSR count). The Morgan fingerprint density at radius 3 is 2.47 bits per heavy atom. The average molecular weight is 479 g/mol. The highest BCUT2D eigenvalue weighted by Gasteiger charge is 2.29. The fraction of sp³-hybridized carbons (Fsp3) is 0.167. The van der Waals surface area contributed by atoms with E-state index in [1.807, 2.05) is 15.9 Å². The number of thioether (sulfide) groups is 1. The van der Waals surface area contributed by atoms with E-state index in [9.17, 15) is 19.3 Å². The number of hydrogen-bond donors (Lipinski definition) is 0. The minimum Gasteiger partial charge on any atom is -0.456 e. The molecule has 3 aromatic rings. The molecular weight excluding hydrogens is 459 g/mol. The molecule has 3 heterocycles. The Balaban J connectivity index is 1.26. The predicted octanol–water partition coefficient (Wildman–Crippen LogP) is 4.79. The molecule has 2 aliphatic heterocycles. The second kappa shape index (κ2) is 9.14. The first-order chi connectivity index (χ1) is 16.5. The molecule has 0 N–H and O–H groups in total. The van der Waals surface area contributed by atoms with Crippen molar-refractivity contribution in [3.63, 3.8) is 0 Å². The summed E-state index contributed by atoms with van der Waals surface area (Å²) in [5.41, 5.74) is 0.891. The van der Waals surface area contributed by atoms with Crippen LogP contribution in [0, 0.1) is 15.9 Å². The number of carbonyl (C=O) groups excluding carboxylic acids is 1. The monoisotopic (exact) mass is 478 g/mol. The molecule has 2 aromatic carbocycles. The summed E-state index contributed by atoms with van der Waals surface area (Å²) < 4.78 is 19.8. The van der Waals surface area contributed by atoms with Crippen LogP contribution in [0.5, 0.6) is 0 Å². The minimum absolute atomic E-state index is 0.0532. The maximum absolute atomic E-state index is 14.1. The lowest BCUT2D eigenvalue weighted by Crippen LogP contribution is -2.48. The number of amides is 1. The van der Waals surface area contributed by atoms with Crippen molar-refractivity contribution in [3.8, 4) is 11.3 Å². The summed E-state index contributed by atoms with van der Waals surface area (Å²) in [5, 5.41) is 11.9. The lowest BCUT2D eigenvalue weighted by atomic mass is 10.1. The van der Waals surface area contributed by atoms with E-state index < -0.39 is 4.92 Å². The van der Waals surface area contributed by atoms with Gasteiger partial charge in [-0.1, -0.05) is 24.3 Å². The highest BCUT2D eigenvalue weighted by atomic mass is 32.2. The number of amidine groups is 1. The van der Waals surface area contributed by atoms with Gasteiger partial charge in [0, 0.05) is 38.3 Å². The molecule has 0 radical (unpaired) electrons. The third-order valence-corrected chi connectivity index (χ3v) is 6.66. The number of benzene rings is 2. The standard InChI is InChI=1S/C24H19FN4O4S/c25-18-6-2-4-8-20(18)27-11-13-28(14-12-27)24-26-23(30)22(34-24)15-16-9-10-21(33-16)17-5-1-3-7-19(17)29(31)32/h1-10,15H,11-14H2/b22-15+. The van der Waals surface area contributed by atoms with Crippen LogP contribution >= 0.6 is 11.8 Å². The van der Waals surface area contributed by atoms with Gasteiger partial charge in [-0.3, -0.25) is 14.9 Å². The first-order valence-corrected chi connectivity index (χ1v) is 11.4. The number of carbonyl (C=O) groups is 1. The molecule has 1 amide bonds. The first kappa shape index (κ1) is 21.9. The van der Waals surface area contributed by atoms with Crippen LogP contribution < -0.4 is 4.90 Å². The number of anilines is 1. The van der Waals surface area contributed by atoms with Gasteiger partial charge in [-0.25, -0.2) is 4.39 Å². The van der Waals surface area contributed by atoms with Crippen LogP contribution in [0.3, 0.4) is 0 Å². The van der Waals surface area contributed by atoms with E-state index in [1.54, 1.807) is 48.5 Å². The first-order valence-electron chi connectivity index (χ1n) is 10.6. The molecule has 8 nitrogen and oxygen atoms in total. The number of rotatable bonds is 4. The van der Waals surface area contributed by atoms with Gasteiger partial charge >= 0.3 is 0 Å². The van der Waals surface area contributed by atoms with Crippen LogP contribution in [0.1, 0.15) is 5.76 Å². The molecule has 0 saturated carbocycles. The summed E-state index contributed by atoms with van der Waals surface area (Å²) >= 11 is 1.26. The van der Waals surface area contributed by atoms with Gasteiger partial charge < -0.3 is 14.2 Å². The molecule has 1 aromatic heterocycles. The third kappa shape index (κ3) is 4.32. The van der Waals surface area contributed by atoms with Crippen molar-refractivity contribution in [2.45, 2.75) is 0 Å². The Morgan fingerprint density at radius 2 is 1.71 bits per heavy atom. The molecule has 1 fully saturated rings. The van der Waals surface area contributed by atoms with Gasteiger partial charge in [0.15, 0.2) is 5.17 Å². The molecule has 0 bridgehead atoms. The smallest absolute Gasteiger partial charge is 0.286 e.